The molecule has 3 aliphatic rings. The zero-order valence-electron chi connectivity index (χ0n) is 30.2. The molecule has 2 fully saturated rings. The Morgan fingerprint density at radius 2 is 1.72 bits per heavy atom. The van der Waals surface area contributed by atoms with Gasteiger partial charge in [0.2, 0.25) is 5.91 Å². The lowest BCUT2D eigenvalue weighted by Gasteiger charge is -2.58. The van der Waals surface area contributed by atoms with E-state index in [0.29, 0.717) is 18.4 Å². The number of carbonyl (C=O) groups is 2. The zero-order chi connectivity index (χ0) is 35.1. The number of esters is 1. The highest BCUT2D eigenvalue weighted by Crippen LogP contribution is 2.59. The molecular weight excluding hydrogens is 628 g/mol. The average Bonchev–Trinajstić information content (AvgIpc) is 3.13. The van der Waals surface area contributed by atoms with E-state index in [9.17, 15) is 9.59 Å². The predicted octanol–water partition coefficient (Wildman–Crippen LogP) is 6.70. The van der Waals surface area contributed by atoms with Gasteiger partial charge < -0.3 is 29.2 Å². The monoisotopic (exact) mass is 682 g/mol. The lowest BCUT2D eigenvalue weighted by atomic mass is 9.48. The number of hydrogen-bond donors (Lipinski definition) is 1. The molecule has 2 saturated carbocycles. The molecule has 8 nitrogen and oxygen atoms in total. The SMILES string of the molecule is COc1cccc(CCc2ccccc2OC[C@@H](CN(C)C)OC(=O)CCC(=O)NC2CC[C@@]34CCCC[C@@H]3[C@@H]2Cc2ccc(OC)cc24)c1. The normalized spacial score (nSPS) is 22.9. The Bertz CT molecular complexity index is 1620. The standard InChI is InChI=1S/C42H54N2O6/c1-44(2)27-34(28-49-39-14-6-5-11-30(39)16-15-29-10-9-12-32(24-29)47-3)50-41(46)20-19-40(45)43-38-21-23-42-22-8-7-13-36(42)35(38)25-31-17-18-33(48-4)26-37(31)42/h5-6,9-12,14,17-18,24,26,34-36,38H,7-8,13,15-16,19-23,25,27-28H2,1-4H3,(H,43,45)/t34-,35+,36-,38?,42+/m1/s1. The summed E-state index contributed by atoms with van der Waals surface area (Å²) in [5.41, 5.74) is 5.37. The van der Waals surface area contributed by atoms with Crippen molar-refractivity contribution in [2.24, 2.45) is 11.8 Å². The van der Waals surface area contributed by atoms with Gasteiger partial charge in [-0.1, -0.05) is 49.2 Å². The number of fused-ring (bicyclic) bond motifs is 1. The van der Waals surface area contributed by atoms with Crippen LogP contribution in [-0.4, -0.2) is 70.4 Å². The number of amides is 1. The van der Waals surface area contributed by atoms with Crippen molar-refractivity contribution < 1.29 is 28.5 Å². The average molecular weight is 683 g/mol. The highest BCUT2D eigenvalue weighted by molar-refractivity contribution is 5.81. The van der Waals surface area contributed by atoms with E-state index >= 15 is 0 Å². The van der Waals surface area contributed by atoms with E-state index in [1.807, 2.05) is 49.3 Å². The third-order valence-corrected chi connectivity index (χ3v) is 11.3. The number of benzene rings is 3. The van der Waals surface area contributed by atoms with Gasteiger partial charge in [0, 0.05) is 19.0 Å². The summed E-state index contributed by atoms with van der Waals surface area (Å²) in [5.74, 6) is 3.11. The number of rotatable bonds is 15. The van der Waals surface area contributed by atoms with E-state index in [2.05, 4.69) is 41.7 Å². The predicted molar refractivity (Wildman–Crippen MR) is 195 cm³/mol. The number of hydrogen-bond acceptors (Lipinski definition) is 7. The van der Waals surface area contributed by atoms with Crippen LogP contribution in [-0.2, 0) is 39.0 Å². The van der Waals surface area contributed by atoms with Crippen LogP contribution < -0.4 is 19.5 Å². The quantitative estimate of drug-likeness (QED) is 0.179. The van der Waals surface area contributed by atoms with Crippen LogP contribution in [0.3, 0.4) is 0 Å². The Hall–Kier alpha value is -4.04. The van der Waals surface area contributed by atoms with Crippen LogP contribution in [0.4, 0.5) is 0 Å². The highest BCUT2D eigenvalue weighted by atomic mass is 16.6. The summed E-state index contributed by atoms with van der Waals surface area (Å²) in [6.07, 6.45) is 9.32. The lowest BCUT2D eigenvalue weighted by molar-refractivity contribution is -0.152. The Morgan fingerprint density at radius 3 is 2.54 bits per heavy atom. The summed E-state index contributed by atoms with van der Waals surface area (Å²) < 4.78 is 23.2. The Morgan fingerprint density at radius 1 is 0.900 bits per heavy atom. The first kappa shape index (κ1) is 35.8. The molecule has 50 heavy (non-hydrogen) atoms. The summed E-state index contributed by atoms with van der Waals surface area (Å²) in [7, 11) is 7.31. The molecule has 268 valence electrons. The van der Waals surface area contributed by atoms with Crippen molar-refractivity contribution in [3.8, 4) is 17.2 Å². The van der Waals surface area contributed by atoms with E-state index in [1.54, 1.807) is 14.2 Å². The first-order chi connectivity index (χ1) is 24.3. The summed E-state index contributed by atoms with van der Waals surface area (Å²) >= 11 is 0. The second-order valence-corrected chi connectivity index (χ2v) is 14.8. The molecule has 0 heterocycles. The Kier molecular flexibility index (Phi) is 11.7. The fourth-order valence-electron chi connectivity index (χ4n) is 9.03. The molecule has 8 heteroatoms. The van der Waals surface area contributed by atoms with Crippen LogP contribution in [0.2, 0.25) is 0 Å². The van der Waals surface area contributed by atoms with E-state index in [0.717, 1.165) is 54.9 Å². The maximum absolute atomic E-state index is 13.3. The molecule has 6 rings (SSSR count). The minimum absolute atomic E-state index is 0.0419. The van der Waals surface area contributed by atoms with Gasteiger partial charge in [-0.3, -0.25) is 9.59 Å². The summed E-state index contributed by atoms with van der Waals surface area (Å²) in [4.78, 5) is 28.4. The van der Waals surface area contributed by atoms with Gasteiger partial charge in [-0.2, -0.15) is 0 Å². The molecule has 5 atom stereocenters. The maximum atomic E-state index is 13.3. The summed E-state index contributed by atoms with van der Waals surface area (Å²) in [6, 6.07) is 22.8. The van der Waals surface area contributed by atoms with Crippen molar-refractivity contribution in [1.29, 1.82) is 0 Å². The molecule has 3 aliphatic carbocycles. The fraction of sp³-hybridized carbons (Fsp3) is 0.524. The van der Waals surface area contributed by atoms with Crippen LogP contribution in [0.1, 0.15) is 73.6 Å². The first-order valence-corrected chi connectivity index (χ1v) is 18.4. The Labute approximate surface area is 297 Å². The topological polar surface area (TPSA) is 86.3 Å². The molecule has 1 unspecified atom stereocenters. The second kappa shape index (κ2) is 16.3. The van der Waals surface area contributed by atoms with Crippen molar-refractivity contribution in [3.05, 3.63) is 89.0 Å². The largest absolute Gasteiger partial charge is 0.497 e. The van der Waals surface area contributed by atoms with Crippen LogP contribution in [0.5, 0.6) is 17.2 Å². The molecule has 2 bridgehead atoms. The van der Waals surface area contributed by atoms with E-state index in [4.69, 9.17) is 18.9 Å². The van der Waals surface area contributed by atoms with Gasteiger partial charge in [-0.25, -0.2) is 0 Å². The molecule has 3 aromatic carbocycles. The molecule has 0 radical (unpaired) electrons. The van der Waals surface area contributed by atoms with Gasteiger partial charge in [0.05, 0.1) is 20.6 Å². The minimum Gasteiger partial charge on any atom is -0.497 e. The Balaban J connectivity index is 1.01. The van der Waals surface area contributed by atoms with Crippen LogP contribution in [0, 0.1) is 11.8 Å². The van der Waals surface area contributed by atoms with E-state index in [-0.39, 0.29) is 42.8 Å². The number of ether oxygens (including phenoxy) is 4. The van der Waals surface area contributed by atoms with Crippen molar-refractivity contribution in [1.82, 2.24) is 10.2 Å². The maximum Gasteiger partial charge on any atom is 0.306 e. The molecule has 0 aromatic heterocycles. The van der Waals surface area contributed by atoms with E-state index in [1.165, 1.54) is 42.4 Å². The number of aryl methyl sites for hydroxylation is 2. The van der Waals surface area contributed by atoms with Gasteiger partial charge in [0.15, 0.2) is 0 Å². The molecule has 0 spiro atoms. The van der Waals surface area contributed by atoms with Gasteiger partial charge in [-0.15, -0.1) is 0 Å². The van der Waals surface area contributed by atoms with Crippen molar-refractivity contribution in [2.75, 3.05) is 41.5 Å². The highest BCUT2D eigenvalue weighted by Gasteiger charge is 2.54. The number of para-hydroxylation sites is 1. The fourth-order valence-corrected chi connectivity index (χ4v) is 9.03. The van der Waals surface area contributed by atoms with E-state index < -0.39 is 6.10 Å². The van der Waals surface area contributed by atoms with Crippen LogP contribution in [0.15, 0.2) is 66.7 Å². The second-order valence-electron chi connectivity index (χ2n) is 14.8. The van der Waals surface area contributed by atoms with Gasteiger partial charge in [0.25, 0.3) is 0 Å². The van der Waals surface area contributed by atoms with Gasteiger partial charge in [-0.05, 0) is 129 Å². The molecular formula is C42H54N2O6. The minimum atomic E-state index is -0.467. The third kappa shape index (κ3) is 8.28. The van der Waals surface area contributed by atoms with Gasteiger partial charge >= 0.3 is 5.97 Å². The molecule has 3 aromatic rings. The van der Waals surface area contributed by atoms with Crippen molar-refractivity contribution in [3.63, 3.8) is 0 Å². The van der Waals surface area contributed by atoms with Crippen molar-refractivity contribution >= 4 is 11.9 Å². The number of methoxy groups -OCH3 is 2. The lowest BCUT2D eigenvalue weighted by Crippen LogP contribution is -2.58. The van der Waals surface area contributed by atoms with Crippen LogP contribution >= 0.6 is 0 Å². The number of likely N-dealkylation sites (N-methyl/N-ethyl adjacent to an activating group) is 1. The van der Waals surface area contributed by atoms with Gasteiger partial charge in [0.1, 0.15) is 30.0 Å². The number of carbonyl (C=O) groups excluding carboxylic acids is 2. The zero-order valence-corrected chi connectivity index (χ0v) is 30.2. The molecule has 1 amide bonds. The van der Waals surface area contributed by atoms with Crippen molar-refractivity contribution in [2.45, 2.75) is 88.2 Å². The summed E-state index contributed by atoms with van der Waals surface area (Å²) in [6.45, 7) is 0.747. The third-order valence-electron chi connectivity index (χ3n) is 11.3. The van der Waals surface area contributed by atoms with Crippen LogP contribution in [0.25, 0.3) is 0 Å². The summed E-state index contributed by atoms with van der Waals surface area (Å²) in [5, 5.41) is 3.37. The number of nitrogens with one attached hydrogen (secondary N) is 1. The molecule has 0 saturated heterocycles. The smallest absolute Gasteiger partial charge is 0.306 e. The molecule has 1 N–H and O–H groups in total. The molecule has 0 aliphatic heterocycles. The number of nitrogens with zero attached hydrogens (tertiary/aromatic N) is 1. The first-order valence-electron chi connectivity index (χ1n) is 18.4.